The third-order valence-corrected chi connectivity index (χ3v) is 4.89. The molecule has 3 rings (SSSR count). The van der Waals surface area contributed by atoms with Crippen molar-refractivity contribution in [3.63, 3.8) is 0 Å². The Balaban J connectivity index is 2.18. The minimum atomic E-state index is -0.0250. The number of hydrogen-bond acceptors (Lipinski definition) is 2. The van der Waals surface area contributed by atoms with E-state index in [0.29, 0.717) is 11.3 Å². The summed E-state index contributed by atoms with van der Waals surface area (Å²) in [5.74, 6) is 0.136. The van der Waals surface area contributed by atoms with Crippen LogP contribution in [-0.2, 0) is 6.42 Å². The number of pyridine rings is 1. The van der Waals surface area contributed by atoms with Gasteiger partial charge in [0.25, 0.3) is 0 Å². The van der Waals surface area contributed by atoms with E-state index in [9.17, 15) is 9.90 Å². The molecule has 23 heavy (non-hydrogen) atoms. The summed E-state index contributed by atoms with van der Waals surface area (Å²) in [7, 11) is 0. The van der Waals surface area contributed by atoms with Crippen LogP contribution in [0.25, 0.3) is 5.52 Å². The molecule has 0 radical (unpaired) electrons. The van der Waals surface area contributed by atoms with E-state index in [2.05, 4.69) is 22.9 Å². The third kappa shape index (κ3) is 2.91. The van der Waals surface area contributed by atoms with Gasteiger partial charge in [0.2, 0.25) is 5.78 Å². The Morgan fingerprint density at radius 1 is 1.17 bits per heavy atom. The molecule has 0 unspecified atom stereocenters. The molecule has 0 aliphatic rings. The summed E-state index contributed by atoms with van der Waals surface area (Å²) in [5.41, 5.74) is 3.33. The molecule has 0 aliphatic heterocycles. The Kier molecular flexibility index (Phi) is 4.53. The van der Waals surface area contributed by atoms with Crippen LogP contribution in [0.5, 0.6) is 5.75 Å². The first-order valence-electron chi connectivity index (χ1n) is 7.74. The number of fused-ring (bicyclic) bond motifs is 1. The van der Waals surface area contributed by atoms with Gasteiger partial charge in [-0.25, -0.2) is 0 Å². The van der Waals surface area contributed by atoms with Crippen molar-refractivity contribution in [2.75, 3.05) is 0 Å². The van der Waals surface area contributed by atoms with Gasteiger partial charge in [-0.1, -0.05) is 19.4 Å². The first-order chi connectivity index (χ1) is 11.1. The van der Waals surface area contributed by atoms with Crippen LogP contribution < -0.4 is 0 Å². The molecular weight excluding hydrogens is 354 g/mol. The van der Waals surface area contributed by atoms with E-state index in [-0.39, 0.29) is 11.5 Å². The van der Waals surface area contributed by atoms with E-state index in [1.165, 1.54) is 0 Å². The van der Waals surface area contributed by atoms with Crippen molar-refractivity contribution in [3.05, 3.63) is 70.0 Å². The zero-order chi connectivity index (χ0) is 16.4. The number of aromatic hydroxyl groups is 1. The number of carbonyl (C=O) groups excluding carboxylic acids is 1. The lowest BCUT2D eigenvalue weighted by atomic mass is 10.0. The summed E-state index contributed by atoms with van der Waals surface area (Å²) in [6.07, 6.45) is 4.89. The maximum absolute atomic E-state index is 13.0. The van der Waals surface area contributed by atoms with Crippen LogP contribution in [0, 0.1) is 0 Å². The van der Waals surface area contributed by atoms with Gasteiger partial charge in [0, 0.05) is 16.2 Å². The number of aromatic nitrogens is 1. The second kappa shape index (κ2) is 6.59. The van der Waals surface area contributed by atoms with Crippen molar-refractivity contribution in [1.82, 2.24) is 4.40 Å². The van der Waals surface area contributed by atoms with E-state index in [0.717, 1.165) is 34.8 Å². The largest absolute Gasteiger partial charge is 0.508 e. The molecule has 0 bridgehead atoms. The first kappa shape index (κ1) is 15.8. The average Bonchev–Trinajstić information content (AvgIpc) is 2.85. The Morgan fingerprint density at radius 2 is 1.91 bits per heavy atom. The predicted molar refractivity (Wildman–Crippen MR) is 95.2 cm³/mol. The zero-order valence-corrected chi connectivity index (χ0v) is 14.5. The summed E-state index contributed by atoms with van der Waals surface area (Å²) in [5, 5.41) is 9.43. The van der Waals surface area contributed by atoms with Crippen LogP contribution >= 0.6 is 15.9 Å². The Hall–Kier alpha value is -2.07. The molecule has 0 atom stereocenters. The Bertz CT molecular complexity index is 850. The second-order valence-electron chi connectivity index (χ2n) is 5.58. The zero-order valence-electron chi connectivity index (χ0n) is 12.9. The van der Waals surface area contributed by atoms with Gasteiger partial charge in [-0.05, 0) is 70.7 Å². The van der Waals surface area contributed by atoms with Gasteiger partial charge in [0.1, 0.15) is 5.75 Å². The number of halogens is 1. The number of nitrogens with zero attached hydrogens (tertiary/aromatic N) is 1. The molecule has 0 aliphatic carbocycles. The highest BCUT2D eigenvalue weighted by Gasteiger charge is 2.22. The average molecular weight is 372 g/mol. The lowest BCUT2D eigenvalue weighted by Crippen LogP contribution is -2.08. The molecule has 3 aromatic rings. The number of rotatable bonds is 5. The van der Waals surface area contributed by atoms with Gasteiger partial charge < -0.3 is 9.51 Å². The van der Waals surface area contributed by atoms with E-state index >= 15 is 0 Å². The fraction of sp³-hybridized carbons (Fsp3) is 0.211. The standard InChI is InChI=1S/C19H18BrNO2/c1-2-3-6-15-17(20)16-7-4-5-12-21(16)18(15)19(23)13-8-10-14(22)11-9-13/h4-5,7-12,22H,2-3,6H2,1H3. The molecular formula is C19H18BrNO2. The fourth-order valence-electron chi connectivity index (χ4n) is 2.80. The Morgan fingerprint density at radius 3 is 2.61 bits per heavy atom. The second-order valence-corrected chi connectivity index (χ2v) is 6.37. The van der Waals surface area contributed by atoms with Crippen molar-refractivity contribution >= 4 is 27.2 Å². The quantitative estimate of drug-likeness (QED) is 0.642. The van der Waals surface area contributed by atoms with Crippen molar-refractivity contribution in [2.24, 2.45) is 0 Å². The van der Waals surface area contributed by atoms with Gasteiger partial charge in [0.15, 0.2) is 0 Å². The summed E-state index contributed by atoms with van der Waals surface area (Å²) >= 11 is 3.67. The van der Waals surface area contributed by atoms with E-state index in [1.54, 1.807) is 24.3 Å². The van der Waals surface area contributed by atoms with E-state index < -0.39 is 0 Å². The number of ketones is 1. The summed E-state index contributed by atoms with van der Waals surface area (Å²) in [4.78, 5) is 13.0. The fourth-order valence-corrected chi connectivity index (χ4v) is 3.51. The predicted octanol–water partition coefficient (Wildman–Crippen LogP) is 4.98. The van der Waals surface area contributed by atoms with Gasteiger partial charge >= 0.3 is 0 Å². The molecule has 4 heteroatoms. The highest BCUT2D eigenvalue weighted by molar-refractivity contribution is 9.10. The topological polar surface area (TPSA) is 41.7 Å². The number of unbranched alkanes of at least 4 members (excludes halogenated alkanes) is 1. The third-order valence-electron chi connectivity index (χ3n) is 4.00. The molecule has 0 spiro atoms. The van der Waals surface area contributed by atoms with Crippen molar-refractivity contribution in [3.8, 4) is 5.75 Å². The summed E-state index contributed by atoms with van der Waals surface area (Å²) in [6, 6.07) is 12.3. The Labute approximate surface area is 143 Å². The number of phenolic OH excluding ortho intramolecular Hbond substituents is 1. The number of phenols is 1. The summed E-state index contributed by atoms with van der Waals surface area (Å²) < 4.78 is 2.94. The van der Waals surface area contributed by atoms with Gasteiger partial charge in [-0.2, -0.15) is 0 Å². The van der Waals surface area contributed by atoms with Crippen molar-refractivity contribution in [2.45, 2.75) is 26.2 Å². The number of hydrogen-bond donors (Lipinski definition) is 1. The minimum absolute atomic E-state index is 0.0250. The number of benzene rings is 1. The van der Waals surface area contributed by atoms with Crippen LogP contribution in [0.15, 0.2) is 53.1 Å². The van der Waals surface area contributed by atoms with Crippen LogP contribution in [-0.4, -0.2) is 15.3 Å². The molecule has 2 heterocycles. The highest BCUT2D eigenvalue weighted by Crippen LogP contribution is 2.32. The smallest absolute Gasteiger partial charge is 0.210 e. The molecule has 0 saturated carbocycles. The number of carbonyl (C=O) groups is 1. The first-order valence-corrected chi connectivity index (χ1v) is 8.54. The molecule has 0 amide bonds. The van der Waals surface area contributed by atoms with Crippen LogP contribution in [0.3, 0.4) is 0 Å². The van der Waals surface area contributed by atoms with Crippen LogP contribution in [0.1, 0.15) is 41.4 Å². The van der Waals surface area contributed by atoms with Crippen molar-refractivity contribution in [1.29, 1.82) is 0 Å². The minimum Gasteiger partial charge on any atom is -0.508 e. The molecule has 2 aromatic heterocycles. The molecule has 0 fully saturated rings. The van der Waals surface area contributed by atoms with Crippen LogP contribution in [0.2, 0.25) is 0 Å². The normalized spacial score (nSPS) is 11.0. The maximum atomic E-state index is 13.0. The summed E-state index contributed by atoms with van der Waals surface area (Å²) in [6.45, 7) is 2.14. The maximum Gasteiger partial charge on any atom is 0.210 e. The molecule has 0 saturated heterocycles. The molecule has 1 aromatic carbocycles. The lowest BCUT2D eigenvalue weighted by Gasteiger charge is -2.06. The molecule has 1 N–H and O–H groups in total. The van der Waals surface area contributed by atoms with E-state index in [4.69, 9.17) is 0 Å². The SMILES string of the molecule is CCCCc1c(Br)c2ccccn2c1C(=O)c1ccc(O)cc1. The van der Waals surface area contributed by atoms with Gasteiger partial charge in [-0.15, -0.1) is 0 Å². The lowest BCUT2D eigenvalue weighted by molar-refractivity contribution is 0.103. The molecule has 118 valence electrons. The monoisotopic (exact) mass is 371 g/mol. The molecule has 3 nitrogen and oxygen atoms in total. The van der Waals surface area contributed by atoms with Crippen LogP contribution in [0.4, 0.5) is 0 Å². The van der Waals surface area contributed by atoms with Gasteiger partial charge in [-0.3, -0.25) is 4.79 Å². The van der Waals surface area contributed by atoms with E-state index in [1.807, 2.05) is 28.8 Å². The van der Waals surface area contributed by atoms with Crippen molar-refractivity contribution < 1.29 is 9.90 Å². The van der Waals surface area contributed by atoms with Gasteiger partial charge in [0.05, 0.1) is 11.2 Å². The highest BCUT2D eigenvalue weighted by atomic mass is 79.9.